The van der Waals surface area contributed by atoms with Crippen molar-refractivity contribution >= 4 is 27.3 Å². The number of rotatable bonds is 3. The number of ether oxygens (including phenoxy) is 1. The van der Waals surface area contributed by atoms with Gasteiger partial charge in [-0.1, -0.05) is 23.5 Å². The summed E-state index contributed by atoms with van der Waals surface area (Å²) in [7, 11) is 0. The minimum Gasteiger partial charge on any atom is -0.489 e. The molecule has 2 aromatic carbocycles. The van der Waals surface area contributed by atoms with Crippen molar-refractivity contribution in [2.24, 2.45) is 0 Å². The highest BCUT2D eigenvalue weighted by Crippen LogP contribution is 2.23. The molecule has 3 aromatic rings. The average molecular weight is 273 g/mol. The third-order valence-electron chi connectivity index (χ3n) is 2.69. The summed E-state index contributed by atoms with van der Waals surface area (Å²) in [4.78, 5) is 10.8. The summed E-state index contributed by atoms with van der Waals surface area (Å²) >= 11 is 1.09. The third-order valence-corrected chi connectivity index (χ3v) is 3.49. The fourth-order valence-corrected chi connectivity index (χ4v) is 2.37. The number of hydrogen-bond donors (Lipinski definition) is 1. The largest absolute Gasteiger partial charge is 0.489 e. The Hall–Kier alpha value is -2.27. The minimum atomic E-state index is -0.300. The quantitative estimate of drug-likeness (QED) is 0.745. The average Bonchev–Trinajstić information content (AvgIpc) is 2.77. The molecule has 0 spiro atoms. The van der Waals surface area contributed by atoms with Crippen LogP contribution in [0.2, 0.25) is 0 Å². The first kappa shape index (κ1) is 11.8. The summed E-state index contributed by atoms with van der Waals surface area (Å²) in [5.74, 6) is 0.672. The van der Waals surface area contributed by atoms with Gasteiger partial charge in [0.05, 0.1) is 4.70 Å². The van der Waals surface area contributed by atoms with E-state index in [-0.39, 0.29) is 4.94 Å². The SMILES string of the molecule is Nc1ccc(COc2ccc3sc(=O)oc3c2)cc1. The molecule has 96 valence electrons. The van der Waals surface area contributed by atoms with Crippen LogP contribution in [-0.2, 0) is 6.61 Å². The predicted molar refractivity (Wildman–Crippen MR) is 75.5 cm³/mol. The predicted octanol–water partition coefficient (Wildman–Crippen LogP) is 3.02. The van der Waals surface area contributed by atoms with Crippen molar-refractivity contribution in [3.05, 3.63) is 57.8 Å². The maximum Gasteiger partial charge on any atom is 0.396 e. The number of benzene rings is 2. The van der Waals surface area contributed by atoms with Crippen molar-refractivity contribution in [1.82, 2.24) is 0 Å². The summed E-state index contributed by atoms with van der Waals surface area (Å²) in [5, 5.41) is 0. The Morgan fingerprint density at radius 3 is 2.74 bits per heavy atom. The number of nitrogen functional groups attached to an aromatic ring is 1. The first-order chi connectivity index (χ1) is 9.20. The second-order valence-corrected chi connectivity index (χ2v) is 5.07. The molecule has 3 rings (SSSR count). The molecular weight excluding hydrogens is 262 g/mol. The molecule has 0 atom stereocenters. The van der Waals surface area contributed by atoms with Gasteiger partial charge in [-0.05, 0) is 29.8 Å². The molecule has 0 unspecified atom stereocenters. The summed E-state index contributed by atoms with van der Waals surface area (Å²) in [6.07, 6.45) is 0. The lowest BCUT2D eigenvalue weighted by Gasteiger charge is -2.06. The first-order valence-electron chi connectivity index (χ1n) is 5.72. The highest BCUT2D eigenvalue weighted by Gasteiger charge is 2.04. The molecular formula is C14H11NO3S. The monoisotopic (exact) mass is 273 g/mol. The lowest BCUT2D eigenvalue weighted by Crippen LogP contribution is -1.95. The molecule has 1 aromatic heterocycles. The minimum absolute atomic E-state index is 0.300. The van der Waals surface area contributed by atoms with Crippen LogP contribution in [-0.4, -0.2) is 0 Å². The van der Waals surface area contributed by atoms with E-state index >= 15 is 0 Å². The van der Waals surface area contributed by atoms with Crippen LogP contribution >= 0.6 is 11.3 Å². The van der Waals surface area contributed by atoms with E-state index in [4.69, 9.17) is 14.9 Å². The maximum atomic E-state index is 11.1. The Kier molecular flexibility index (Phi) is 2.97. The van der Waals surface area contributed by atoms with Crippen molar-refractivity contribution in [2.75, 3.05) is 5.73 Å². The van der Waals surface area contributed by atoms with Crippen LogP contribution < -0.4 is 15.4 Å². The van der Waals surface area contributed by atoms with Gasteiger partial charge in [0.25, 0.3) is 0 Å². The van der Waals surface area contributed by atoms with Gasteiger partial charge in [-0.3, -0.25) is 0 Å². The Morgan fingerprint density at radius 2 is 1.95 bits per heavy atom. The molecule has 0 aliphatic rings. The Morgan fingerprint density at radius 1 is 1.16 bits per heavy atom. The van der Waals surface area contributed by atoms with Crippen molar-refractivity contribution in [3.8, 4) is 5.75 Å². The van der Waals surface area contributed by atoms with Gasteiger partial charge in [0.1, 0.15) is 12.4 Å². The van der Waals surface area contributed by atoms with Crippen molar-refractivity contribution in [2.45, 2.75) is 6.61 Å². The molecule has 1 heterocycles. The second kappa shape index (κ2) is 4.78. The highest BCUT2D eigenvalue weighted by atomic mass is 32.1. The molecule has 0 saturated heterocycles. The smallest absolute Gasteiger partial charge is 0.396 e. The summed E-state index contributed by atoms with van der Waals surface area (Å²) < 4.78 is 11.5. The van der Waals surface area contributed by atoms with Gasteiger partial charge in [-0.2, -0.15) is 0 Å². The fraction of sp³-hybridized carbons (Fsp3) is 0.0714. The summed E-state index contributed by atoms with van der Waals surface area (Å²) in [6.45, 7) is 0.445. The molecule has 0 aliphatic heterocycles. The zero-order valence-electron chi connectivity index (χ0n) is 9.96. The van der Waals surface area contributed by atoms with E-state index in [0.29, 0.717) is 17.9 Å². The zero-order chi connectivity index (χ0) is 13.2. The molecule has 19 heavy (non-hydrogen) atoms. The van der Waals surface area contributed by atoms with Gasteiger partial charge < -0.3 is 14.9 Å². The standard InChI is InChI=1S/C14H11NO3S/c15-10-3-1-9(2-4-10)8-17-11-5-6-13-12(7-11)18-14(16)19-13/h1-7H,8,15H2. The van der Waals surface area contributed by atoms with E-state index in [1.165, 1.54) is 0 Å². The van der Waals surface area contributed by atoms with Crippen LogP contribution in [0.4, 0.5) is 5.69 Å². The first-order valence-corrected chi connectivity index (χ1v) is 6.53. The molecule has 2 N–H and O–H groups in total. The van der Waals surface area contributed by atoms with Gasteiger partial charge in [0.15, 0.2) is 5.58 Å². The lowest BCUT2D eigenvalue weighted by atomic mass is 10.2. The molecule has 5 heteroatoms. The molecule has 0 aliphatic carbocycles. The Labute approximate surface area is 113 Å². The van der Waals surface area contributed by atoms with E-state index in [1.807, 2.05) is 36.4 Å². The third kappa shape index (κ3) is 2.61. The number of nitrogens with two attached hydrogens (primary N) is 1. The van der Waals surface area contributed by atoms with Gasteiger partial charge in [0.2, 0.25) is 0 Å². The second-order valence-electron chi connectivity index (χ2n) is 4.09. The van der Waals surface area contributed by atoms with Gasteiger partial charge in [-0.25, -0.2) is 4.79 Å². The highest BCUT2D eigenvalue weighted by molar-refractivity contribution is 7.16. The molecule has 0 radical (unpaired) electrons. The van der Waals surface area contributed by atoms with Gasteiger partial charge in [0, 0.05) is 11.8 Å². The molecule has 4 nitrogen and oxygen atoms in total. The van der Waals surface area contributed by atoms with Crippen molar-refractivity contribution < 1.29 is 9.15 Å². The Balaban J connectivity index is 1.77. The van der Waals surface area contributed by atoms with Crippen LogP contribution in [0.25, 0.3) is 10.3 Å². The van der Waals surface area contributed by atoms with E-state index in [2.05, 4.69) is 0 Å². The van der Waals surface area contributed by atoms with Crippen molar-refractivity contribution in [3.63, 3.8) is 0 Å². The van der Waals surface area contributed by atoms with E-state index in [1.54, 1.807) is 6.07 Å². The number of anilines is 1. The van der Waals surface area contributed by atoms with Gasteiger partial charge >= 0.3 is 4.94 Å². The topological polar surface area (TPSA) is 65.5 Å². The fourth-order valence-electron chi connectivity index (χ4n) is 1.72. The molecule has 0 fully saturated rings. The van der Waals surface area contributed by atoms with Crippen LogP contribution in [0, 0.1) is 0 Å². The molecule has 0 bridgehead atoms. The van der Waals surface area contributed by atoms with Crippen LogP contribution in [0.3, 0.4) is 0 Å². The zero-order valence-corrected chi connectivity index (χ0v) is 10.8. The number of fused-ring (bicyclic) bond motifs is 1. The van der Waals surface area contributed by atoms with Crippen LogP contribution in [0.1, 0.15) is 5.56 Å². The van der Waals surface area contributed by atoms with Crippen molar-refractivity contribution in [1.29, 1.82) is 0 Å². The van der Waals surface area contributed by atoms with Crippen LogP contribution in [0.5, 0.6) is 5.75 Å². The summed E-state index contributed by atoms with van der Waals surface area (Å²) in [6, 6.07) is 12.9. The van der Waals surface area contributed by atoms with E-state index in [0.717, 1.165) is 27.3 Å². The Bertz CT molecular complexity index is 758. The normalized spacial score (nSPS) is 10.7. The summed E-state index contributed by atoms with van der Waals surface area (Å²) in [5.41, 5.74) is 7.93. The maximum absolute atomic E-state index is 11.1. The van der Waals surface area contributed by atoms with Crippen LogP contribution in [0.15, 0.2) is 51.7 Å². The number of hydrogen-bond acceptors (Lipinski definition) is 5. The van der Waals surface area contributed by atoms with E-state index in [9.17, 15) is 4.79 Å². The molecule has 0 amide bonds. The molecule has 0 saturated carbocycles. The van der Waals surface area contributed by atoms with E-state index < -0.39 is 0 Å². The lowest BCUT2D eigenvalue weighted by molar-refractivity contribution is 0.306. The van der Waals surface area contributed by atoms with Gasteiger partial charge in [-0.15, -0.1) is 0 Å².